The summed E-state index contributed by atoms with van der Waals surface area (Å²) >= 11 is 0. The van der Waals surface area contributed by atoms with Crippen LogP contribution in [0, 0.1) is 17.1 Å². The molecular weight excluding hydrogens is 511 g/mol. The van der Waals surface area contributed by atoms with Crippen molar-refractivity contribution in [1.82, 2.24) is 19.5 Å². The number of imidazole rings is 1. The van der Waals surface area contributed by atoms with E-state index in [1.807, 2.05) is 0 Å². The number of alkyl halides is 2. The van der Waals surface area contributed by atoms with Gasteiger partial charge in [-0.1, -0.05) is 0 Å². The molecular formula is C28H28F3N5O3. The fraction of sp³-hybridized carbons (Fsp3) is 0.393. The molecule has 1 saturated heterocycles. The Morgan fingerprint density at radius 1 is 1.18 bits per heavy atom. The van der Waals surface area contributed by atoms with Crippen molar-refractivity contribution in [3.63, 3.8) is 0 Å². The largest absolute Gasteiger partial charge is 0.496 e. The number of pyridine rings is 2. The number of hydrogen-bond acceptors (Lipinski definition) is 7. The molecule has 0 bridgehead atoms. The molecule has 204 valence electrons. The van der Waals surface area contributed by atoms with Crippen molar-refractivity contribution in [3.05, 3.63) is 59.6 Å². The van der Waals surface area contributed by atoms with Gasteiger partial charge in [-0.15, -0.1) is 0 Å². The maximum atomic E-state index is 16.0. The molecule has 1 atom stereocenters. The Kier molecular flexibility index (Phi) is 7.11. The number of carbonyl (C=O) groups excluding carboxylic acids is 1. The fourth-order valence-corrected chi connectivity index (χ4v) is 5.30. The molecule has 0 saturated carbocycles. The molecule has 11 heteroatoms. The van der Waals surface area contributed by atoms with Crippen molar-refractivity contribution >= 4 is 33.4 Å². The maximum Gasteiger partial charge on any atom is 0.346 e. The Bertz CT molecular complexity index is 1550. The highest BCUT2D eigenvalue weighted by Crippen LogP contribution is 2.40. The number of rotatable bonds is 8. The highest BCUT2D eigenvalue weighted by Gasteiger charge is 2.42. The molecule has 3 aromatic heterocycles. The number of nitrogens with one attached hydrogen (secondary N) is 1. The SMILES string of the molecule is COc1cc2c(cc1C(C(C)=N)C(C)=O)ncc1nc(C(F)(F)c3ccc(F)cn3)n(CC3CCOCC3)c12. The number of carbonyl (C=O) groups is 1. The van der Waals surface area contributed by atoms with Gasteiger partial charge in [0.15, 0.2) is 5.82 Å². The van der Waals surface area contributed by atoms with Gasteiger partial charge in [-0.25, -0.2) is 9.37 Å². The van der Waals surface area contributed by atoms with Gasteiger partial charge in [0.25, 0.3) is 0 Å². The minimum atomic E-state index is -3.62. The molecule has 0 aliphatic carbocycles. The molecule has 1 fully saturated rings. The molecule has 1 aromatic carbocycles. The second-order valence-electron chi connectivity index (χ2n) is 9.87. The van der Waals surface area contributed by atoms with Gasteiger partial charge in [-0.05, 0) is 56.9 Å². The normalized spacial score (nSPS) is 15.5. The van der Waals surface area contributed by atoms with Crippen LogP contribution < -0.4 is 4.74 Å². The number of hydrogen-bond donors (Lipinski definition) is 1. The maximum absolute atomic E-state index is 16.0. The van der Waals surface area contributed by atoms with Gasteiger partial charge in [0.2, 0.25) is 0 Å². The molecule has 0 radical (unpaired) electrons. The minimum Gasteiger partial charge on any atom is -0.496 e. The predicted molar refractivity (Wildman–Crippen MR) is 139 cm³/mol. The monoisotopic (exact) mass is 539 g/mol. The average Bonchev–Trinajstić information content (AvgIpc) is 3.28. The van der Waals surface area contributed by atoms with E-state index in [0.717, 1.165) is 18.3 Å². The van der Waals surface area contributed by atoms with E-state index in [9.17, 15) is 9.18 Å². The predicted octanol–water partition coefficient (Wildman–Crippen LogP) is 5.41. The first-order chi connectivity index (χ1) is 18.6. The Balaban J connectivity index is 1.77. The highest BCUT2D eigenvalue weighted by atomic mass is 19.3. The lowest BCUT2D eigenvalue weighted by molar-refractivity contribution is -0.117. The van der Waals surface area contributed by atoms with Crippen molar-refractivity contribution in [3.8, 4) is 5.75 Å². The van der Waals surface area contributed by atoms with E-state index in [4.69, 9.17) is 14.9 Å². The van der Waals surface area contributed by atoms with Crippen LogP contribution in [-0.4, -0.2) is 51.3 Å². The quantitative estimate of drug-likeness (QED) is 0.301. The summed E-state index contributed by atoms with van der Waals surface area (Å²) in [7, 11) is 1.45. The van der Waals surface area contributed by atoms with Gasteiger partial charge < -0.3 is 19.5 Å². The van der Waals surface area contributed by atoms with Crippen LogP contribution >= 0.6 is 0 Å². The van der Waals surface area contributed by atoms with Crippen LogP contribution in [-0.2, 0) is 22.0 Å². The summed E-state index contributed by atoms with van der Waals surface area (Å²) < 4.78 is 58.0. The second kappa shape index (κ2) is 10.4. The van der Waals surface area contributed by atoms with Crippen molar-refractivity contribution in [2.45, 2.75) is 45.1 Å². The van der Waals surface area contributed by atoms with Crippen LogP contribution in [0.15, 0.2) is 36.7 Å². The molecule has 4 heterocycles. The van der Waals surface area contributed by atoms with Crippen molar-refractivity contribution in [2.24, 2.45) is 5.92 Å². The van der Waals surface area contributed by atoms with Gasteiger partial charge in [-0.3, -0.25) is 14.8 Å². The third-order valence-corrected chi connectivity index (χ3v) is 7.19. The van der Waals surface area contributed by atoms with Gasteiger partial charge in [-0.2, -0.15) is 8.78 Å². The lowest BCUT2D eigenvalue weighted by Crippen LogP contribution is -2.27. The van der Waals surface area contributed by atoms with Crippen molar-refractivity contribution in [2.75, 3.05) is 20.3 Å². The van der Waals surface area contributed by atoms with Gasteiger partial charge in [0.1, 0.15) is 28.6 Å². The molecule has 0 spiro atoms. The van der Waals surface area contributed by atoms with E-state index in [1.54, 1.807) is 19.1 Å². The first-order valence-electron chi connectivity index (χ1n) is 12.6. The zero-order valence-corrected chi connectivity index (χ0v) is 21.8. The first-order valence-corrected chi connectivity index (χ1v) is 12.6. The number of aromatic nitrogens is 4. The topological polar surface area (TPSA) is 103 Å². The number of halogens is 3. The smallest absolute Gasteiger partial charge is 0.346 e. The number of methoxy groups -OCH3 is 1. The number of Topliss-reactive ketones (excluding diaryl/α,β-unsaturated/α-hetero) is 1. The third-order valence-electron chi connectivity index (χ3n) is 7.19. The lowest BCUT2D eigenvalue weighted by atomic mass is 9.89. The van der Waals surface area contributed by atoms with Crippen LogP contribution in [0.4, 0.5) is 13.2 Å². The van der Waals surface area contributed by atoms with Crippen LogP contribution in [0.3, 0.4) is 0 Å². The Hall–Kier alpha value is -3.86. The summed E-state index contributed by atoms with van der Waals surface area (Å²) in [6, 6.07) is 5.24. The lowest BCUT2D eigenvalue weighted by Gasteiger charge is -2.25. The van der Waals surface area contributed by atoms with E-state index in [2.05, 4.69) is 15.0 Å². The van der Waals surface area contributed by atoms with E-state index < -0.39 is 29.2 Å². The van der Waals surface area contributed by atoms with Crippen LogP contribution in [0.25, 0.3) is 21.9 Å². The summed E-state index contributed by atoms with van der Waals surface area (Å²) in [4.78, 5) is 24.8. The average molecular weight is 540 g/mol. The second-order valence-corrected chi connectivity index (χ2v) is 9.87. The van der Waals surface area contributed by atoms with E-state index in [1.165, 1.54) is 24.8 Å². The summed E-state index contributed by atoms with van der Waals surface area (Å²) in [5.74, 6) is -5.48. The molecule has 1 aliphatic rings. The third kappa shape index (κ3) is 4.87. The summed E-state index contributed by atoms with van der Waals surface area (Å²) in [6.45, 7) is 4.29. The summed E-state index contributed by atoms with van der Waals surface area (Å²) in [5.41, 5.74) is 1.17. The van der Waals surface area contributed by atoms with Crippen LogP contribution in [0.1, 0.15) is 49.7 Å². The van der Waals surface area contributed by atoms with Gasteiger partial charge in [0.05, 0.1) is 36.5 Å². The Morgan fingerprint density at radius 2 is 1.92 bits per heavy atom. The molecule has 5 rings (SSSR count). The molecule has 0 amide bonds. The molecule has 39 heavy (non-hydrogen) atoms. The van der Waals surface area contributed by atoms with Crippen LogP contribution in [0.2, 0.25) is 0 Å². The summed E-state index contributed by atoms with van der Waals surface area (Å²) in [5, 5.41) is 8.66. The number of nitrogens with zero attached hydrogens (tertiary/aromatic N) is 4. The van der Waals surface area contributed by atoms with Gasteiger partial charge in [0, 0.05) is 36.4 Å². The number of ketones is 1. The first kappa shape index (κ1) is 26.7. The number of fused-ring (bicyclic) bond motifs is 3. The van der Waals surface area contributed by atoms with E-state index in [-0.39, 0.29) is 29.5 Å². The summed E-state index contributed by atoms with van der Waals surface area (Å²) in [6.07, 6.45) is 3.59. The Labute approximate surface area is 222 Å². The fourth-order valence-electron chi connectivity index (χ4n) is 5.30. The van der Waals surface area contributed by atoms with E-state index in [0.29, 0.717) is 53.8 Å². The molecule has 8 nitrogen and oxygen atoms in total. The zero-order valence-electron chi connectivity index (χ0n) is 21.8. The molecule has 1 unspecified atom stereocenters. The molecule has 1 N–H and O–H groups in total. The zero-order chi connectivity index (χ0) is 27.9. The van der Waals surface area contributed by atoms with Gasteiger partial charge >= 0.3 is 5.92 Å². The molecule has 1 aliphatic heterocycles. The van der Waals surface area contributed by atoms with Crippen LogP contribution in [0.5, 0.6) is 5.75 Å². The number of ether oxygens (including phenoxy) is 2. The molecule has 4 aromatic rings. The Morgan fingerprint density at radius 3 is 2.54 bits per heavy atom. The van der Waals surface area contributed by atoms with Crippen molar-refractivity contribution < 1.29 is 27.4 Å². The highest BCUT2D eigenvalue weighted by molar-refractivity contribution is 6.09. The van der Waals surface area contributed by atoms with Crippen molar-refractivity contribution in [1.29, 1.82) is 5.41 Å². The van der Waals surface area contributed by atoms with E-state index >= 15 is 8.78 Å². The number of benzene rings is 1. The minimum absolute atomic E-state index is 0.0684. The standard InChI is InChI=1S/C28H28F3N5O3/c1-15(32)25(16(2)37)20-10-21-19(11-23(20)38-3)26-22(13-33-21)35-27(36(26)14-17-6-8-39-9-7-17)28(30,31)24-5-4-18(29)12-34-24/h4-5,10-13,17,25,32H,6-9,14H2,1-3H3.